The van der Waals surface area contributed by atoms with Gasteiger partial charge in [-0.25, -0.2) is 4.39 Å². The molecule has 1 unspecified atom stereocenters. The van der Waals surface area contributed by atoms with Crippen molar-refractivity contribution in [2.24, 2.45) is 5.84 Å². The molecule has 1 atom stereocenters. The second-order valence-corrected chi connectivity index (χ2v) is 4.13. The molecule has 0 bridgehead atoms. The van der Waals surface area contributed by atoms with Crippen molar-refractivity contribution in [3.63, 3.8) is 0 Å². The van der Waals surface area contributed by atoms with Crippen LogP contribution in [0, 0.1) is 5.82 Å². The zero-order valence-electron chi connectivity index (χ0n) is 10.5. The molecule has 102 valence electrons. The zero-order chi connectivity index (χ0) is 13.8. The Bertz CT molecular complexity index is 557. The molecule has 0 saturated carbocycles. The number of anilines is 1. The highest BCUT2D eigenvalue weighted by molar-refractivity contribution is 5.40. The lowest BCUT2D eigenvalue weighted by Gasteiger charge is -2.15. The lowest BCUT2D eigenvalue weighted by molar-refractivity contribution is 0.386. The Labute approximate surface area is 109 Å². The van der Waals surface area contributed by atoms with Crippen LogP contribution in [0.15, 0.2) is 24.4 Å². The van der Waals surface area contributed by atoms with E-state index in [0.717, 1.165) is 11.1 Å². The van der Waals surface area contributed by atoms with Crippen molar-refractivity contribution in [3.05, 3.63) is 41.3 Å². The van der Waals surface area contributed by atoms with Gasteiger partial charge in [0.25, 0.3) is 0 Å². The van der Waals surface area contributed by atoms with E-state index in [-0.39, 0.29) is 11.8 Å². The van der Waals surface area contributed by atoms with Gasteiger partial charge in [0.2, 0.25) is 0 Å². The van der Waals surface area contributed by atoms with Gasteiger partial charge in [-0.3, -0.25) is 16.4 Å². The van der Waals surface area contributed by atoms with Crippen molar-refractivity contribution >= 4 is 5.82 Å². The first-order valence-corrected chi connectivity index (χ1v) is 5.73. The Hall–Kier alpha value is -2.12. The predicted molar refractivity (Wildman–Crippen MR) is 69.7 cm³/mol. The van der Waals surface area contributed by atoms with Gasteiger partial charge in [0.1, 0.15) is 5.82 Å². The van der Waals surface area contributed by atoms with Gasteiger partial charge in [-0.2, -0.15) is 5.10 Å². The molecule has 0 aliphatic heterocycles. The number of aromatic nitrogens is 2. The van der Waals surface area contributed by atoms with Crippen LogP contribution < -0.4 is 21.7 Å². The summed E-state index contributed by atoms with van der Waals surface area (Å²) in [4.78, 5) is 0. The summed E-state index contributed by atoms with van der Waals surface area (Å²) in [6.45, 7) is 0. The molecule has 0 fully saturated rings. The number of nitrogens with two attached hydrogens (primary N) is 2. The number of hydrogen-bond acceptors (Lipinski definition) is 5. The number of hydrazine groups is 1. The maximum Gasteiger partial charge on any atom is 0.165 e. The highest BCUT2D eigenvalue weighted by atomic mass is 19.1. The fourth-order valence-electron chi connectivity index (χ4n) is 1.91. The normalized spacial score (nSPS) is 12.4. The number of H-pyrrole nitrogens is 1. The number of benzene rings is 1. The summed E-state index contributed by atoms with van der Waals surface area (Å²) in [7, 11) is 1.43. The molecular weight excluding hydrogens is 249 g/mol. The summed E-state index contributed by atoms with van der Waals surface area (Å²) in [5.41, 5.74) is 9.91. The van der Waals surface area contributed by atoms with Gasteiger partial charge in [0.15, 0.2) is 11.6 Å². The van der Waals surface area contributed by atoms with Gasteiger partial charge in [-0.05, 0) is 24.1 Å². The SMILES string of the molecule is COc1ccc(CC(NN)c2cn[nH]c2N)cc1F. The molecule has 1 heterocycles. The second-order valence-electron chi connectivity index (χ2n) is 4.13. The molecule has 2 rings (SSSR count). The van der Waals surface area contributed by atoms with E-state index in [4.69, 9.17) is 16.3 Å². The van der Waals surface area contributed by atoms with E-state index in [1.807, 2.05) is 0 Å². The van der Waals surface area contributed by atoms with Crippen LogP contribution in [-0.2, 0) is 6.42 Å². The molecule has 0 amide bonds. The van der Waals surface area contributed by atoms with Gasteiger partial charge in [-0.1, -0.05) is 6.07 Å². The van der Waals surface area contributed by atoms with Crippen molar-refractivity contribution < 1.29 is 9.13 Å². The summed E-state index contributed by atoms with van der Waals surface area (Å²) in [5, 5.41) is 6.47. The Morgan fingerprint density at radius 3 is 2.84 bits per heavy atom. The standard InChI is InChI=1S/C12H16FN5O/c1-19-11-3-2-7(4-9(11)13)5-10(17-15)8-6-16-18-12(8)14/h2-4,6,10,17H,5,15H2,1H3,(H3,14,16,18). The van der Waals surface area contributed by atoms with Crippen LogP contribution in [0.3, 0.4) is 0 Å². The van der Waals surface area contributed by atoms with Crippen molar-refractivity contribution in [1.29, 1.82) is 0 Å². The van der Waals surface area contributed by atoms with Crippen LogP contribution >= 0.6 is 0 Å². The number of aromatic amines is 1. The Morgan fingerprint density at radius 1 is 1.53 bits per heavy atom. The van der Waals surface area contributed by atoms with E-state index >= 15 is 0 Å². The Balaban J connectivity index is 2.19. The summed E-state index contributed by atoms with van der Waals surface area (Å²) in [6, 6.07) is 4.53. The average Bonchev–Trinajstić information content (AvgIpc) is 2.82. The molecule has 1 aromatic carbocycles. The highest BCUT2D eigenvalue weighted by Gasteiger charge is 2.16. The van der Waals surface area contributed by atoms with Gasteiger partial charge in [0.05, 0.1) is 19.3 Å². The lowest BCUT2D eigenvalue weighted by atomic mass is 10.0. The van der Waals surface area contributed by atoms with Crippen molar-refractivity contribution in [3.8, 4) is 5.75 Å². The summed E-state index contributed by atoms with van der Waals surface area (Å²) >= 11 is 0. The van der Waals surface area contributed by atoms with E-state index in [1.165, 1.54) is 13.2 Å². The van der Waals surface area contributed by atoms with Crippen molar-refractivity contribution in [2.45, 2.75) is 12.5 Å². The Kier molecular flexibility index (Phi) is 3.98. The third kappa shape index (κ3) is 2.83. The summed E-state index contributed by atoms with van der Waals surface area (Å²) in [5.74, 6) is 5.76. The number of nitrogen functional groups attached to an aromatic ring is 1. The number of halogens is 1. The minimum atomic E-state index is -0.407. The number of methoxy groups -OCH3 is 1. The first-order chi connectivity index (χ1) is 9.15. The average molecular weight is 265 g/mol. The smallest absolute Gasteiger partial charge is 0.165 e. The van der Waals surface area contributed by atoms with Crippen LogP contribution in [-0.4, -0.2) is 17.3 Å². The first kappa shape index (κ1) is 13.3. The predicted octanol–water partition coefficient (Wildman–Crippen LogP) is 0.887. The highest BCUT2D eigenvalue weighted by Crippen LogP contribution is 2.24. The van der Waals surface area contributed by atoms with Crippen LogP contribution in [0.5, 0.6) is 5.75 Å². The van der Waals surface area contributed by atoms with E-state index in [9.17, 15) is 4.39 Å². The maximum absolute atomic E-state index is 13.6. The fourth-order valence-corrected chi connectivity index (χ4v) is 1.91. The number of nitrogens with one attached hydrogen (secondary N) is 2. The van der Waals surface area contributed by atoms with Crippen LogP contribution in [0.1, 0.15) is 17.2 Å². The van der Waals surface area contributed by atoms with Crippen molar-refractivity contribution in [2.75, 3.05) is 12.8 Å². The molecular formula is C12H16FN5O. The van der Waals surface area contributed by atoms with Gasteiger partial charge in [-0.15, -0.1) is 0 Å². The lowest BCUT2D eigenvalue weighted by Crippen LogP contribution is -2.29. The topological polar surface area (TPSA) is 102 Å². The number of nitrogens with zero attached hydrogens (tertiary/aromatic N) is 1. The monoisotopic (exact) mass is 265 g/mol. The molecule has 6 nitrogen and oxygen atoms in total. The molecule has 6 N–H and O–H groups in total. The zero-order valence-corrected chi connectivity index (χ0v) is 10.5. The molecule has 19 heavy (non-hydrogen) atoms. The molecule has 0 spiro atoms. The third-order valence-corrected chi connectivity index (χ3v) is 2.93. The van der Waals surface area contributed by atoms with E-state index in [2.05, 4.69) is 15.6 Å². The van der Waals surface area contributed by atoms with Crippen LogP contribution in [0.2, 0.25) is 0 Å². The molecule has 0 saturated heterocycles. The van der Waals surface area contributed by atoms with Gasteiger partial charge in [0, 0.05) is 5.56 Å². The molecule has 0 radical (unpaired) electrons. The van der Waals surface area contributed by atoms with Gasteiger partial charge >= 0.3 is 0 Å². The quantitative estimate of drug-likeness (QED) is 0.475. The molecule has 1 aromatic heterocycles. The number of hydrogen-bond donors (Lipinski definition) is 4. The minimum absolute atomic E-state index is 0.212. The van der Waals surface area contributed by atoms with Crippen LogP contribution in [0.25, 0.3) is 0 Å². The first-order valence-electron chi connectivity index (χ1n) is 5.73. The Morgan fingerprint density at radius 2 is 2.32 bits per heavy atom. The fraction of sp³-hybridized carbons (Fsp3) is 0.250. The minimum Gasteiger partial charge on any atom is -0.494 e. The largest absolute Gasteiger partial charge is 0.494 e. The van der Waals surface area contributed by atoms with E-state index in [0.29, 0.717) is 12.2 Å². The van der Waals surface area contributed by atoms with E-state index < -0.39 is 5.82 Å². The molecule has 2 aromatic rings. The van der Waals surface area contributed by atoms with E-state index in [1.54, 1.807) is 18.3 Å². The summed E-state index contributed by atoms with van der Waals surface area (Å²) in [6.07, 6.45) is 2.08. The molecule has 0 aliphatic rings. The number of rotatable bonds is 5. The third-order valence-electron chi connectivity index (χ3n) is 2.93. The molecule has 7 heteroatoms. The summed E-state index contributed by atoms with van der Waals surface area (Å²) < 4.78 is 18.5. The number of ether oxygens (including phenoxy) is 1. The van der Waals surface area contributed by atoms with Crippen LogP contribution in [0.4, 0.5) is 10.2 Å². The maximum atomic E-state index is 13.6. The van der Waals surface area contributed by atoms with Crippen molar-refractivity contribution in [1.82, 2.24) is 15.6 Å². The van der Waals surface area contributed by atoms with Gasteiger partial charge < -0.3 is 10.5 Å². The molecule has 0 aliphatic carbocycles. The second kappa shape index (κ2) is 5.68.